The molecule has 1 saturated heterocycles. The van der Waals surface area contributed by atoms with Crippen molar-refractivity contribution in [3.05, 3.63) is 0 Å². The van der Waals surface area contributed by atoms with Crippen LogP contribution < -0.4 is 0 Å². The summed E-state index contributed by atoms with van der Waals surface area (Å²) in [6.45, 7) is 0.370. The predicted octanol–water partition coefficient (Wildman–Crippen LogP) is 1.73. The number of esters is 1. The van der Waals surface area contributed by atoms with Gasteiger partial charge in [-0.1, -0.05) is 0 Å². The van der Waals surface area contributed by atoms with Crippen LogP contribution in [0.25, 0.3) is 0 Å². The fourth-order valence-electron chi connectivity index (χ4n) is 5.01. The normalized spacial score (nSPS) is 53.1. The van der Waals surface area contributed by atoms with Crippen LogP contribution in [0.15, 0.2) is 0 Å². The lowest BCUT2D eigenvalue weighted by Crippen LogP contribution is -2.58. The summed E-state index contributed by atoms with van der Waals surface area (Å²) in [5.41, 5.74) is 0. The zero-order valence-electron chi connectivity index (χ0n) is 10.8. The lowest BCUT2D eigenvalue weighted by molar-refractivity contribution is -0.293. The van der Waals surface area contributed by atoms with Crippen LogP contribution in [-0.4, -0.2) is 31.6 Å². The molecular weight excluding hydrogens is 232 g/mol. The second-order valence-electron chi connectivity index (χ2n) is 6.47. The van der Waals surface area contributed by atoms with E-state index >= 15 is 0 Å². The van der Waals surface area contributed by atoms with Gasteiger partial charge in [0, 0.05) is 11.8 Å². The quantitative estimate of drug-likeness (QED) is 0.667. The number of hydrogen-bond donors (Lipinski definition) is 0. The average molecular weight is 252 g/mol. The molecule has 0 N–H and O–H groups in total. The molecule has 0 radical (unpaired) electrons. The highest BCUT2D eigenvalue weighted by molar-refractivity contribution is 5.75. The maximum Gasteiger partial charge on any atom is 0.337 e. The fourth-order valence-corrected chi connectivity index (χ4v) is 5.01. The van der Waals surface area contributed by atoms with Gasteiger partial charge in [-0.25, -0.2) is 4.79 Å². The SMILES string of the molecule is COC(=O)C1COC2(O1)C1CC3CC(C1)CC2C3. The van der Waals surface area contributed by atoms with Gasteiger partial charge in [-0.3, -0.25) is 0 Å². The van der Waals surface area contributed by atoms with Crippen LogP contribution >= 0.6 is 0 Å². The predicted molar refractivity (Wildman–Crippen MR) is 62.6 cm³/mol. The van der Waals surface area contributed by atoms with E-state index in [9.17, 15) is 4.79 Å². The van der Waals surface area contributed by atoms with Crippen molar-refractivity contribution >= 4 is 5.97 Å². The van der Waals surface area contributed by atoms with Gasteiger partial charge in [0.1, 0.15) is 0 Å². The number of methoxy groups -OCH3 is 1. The maximum atomic E-state index is 11.6. The van der Waals surface area contributed by atoms with Crippen molar-refractivity contribution in [2.75, 3.05) is 13.7 Å². The van der Waals surface area contributed by atoms with Gasteiger partial charge < -0.3 is 14.2 Å². The molecule has 0 aromatic rings. The van der Waals surface area contributed by atoms with Crippen LogP contribution in [0.1, 0.15) is 32.1 Å². The Morgan fingerprint density at radius 2 is 1.72 bits per heavy atom. The van der Waals surface area contributed by atoms with Gasteiger partial charge >= 0.3 is 5.97 Å². The molecule has 4 bridgehead atoms. The molecule has 1 atom stereocenters. The summed E-state index contributed by atoms with van der Waals surface area (Å²) < 4.78 is 16.9. The van der Waals surface area contributed by atoms with E-state index in [4.69, 9.17) is 14.2 Å². The molecule has 18 heavy (non-hydrogen) atoms. The Bertz CT molecular complexity index is 350. The van der Waals surface area contributed by atoms with E-state index in [0.29, 0.717) is 18.4 Å². The lowest BCUT2D eigenvalue weighted by Gasteiger charge is -2.58. The Kier molecular flexibility index (Phi) is 2.31. The third-order valence-electron chi connectivity index (χ3n) is 5.53. The molecule has 4 heteroatoms. The van der Waals surface area contributed by atoms with Gasteiger partial charge in [0.05, 0.1) is 13.7 Å². The molecule has 5 fully saturated rings. The Hall–Kier alpha value is -0.610. The van der Waals surface area contributed by atoms with Gasteiger partial charge in [0.25, 0.3) is 0 Å². The molecule has 5 rings (SSSR count). The van der Waals surface area contributed by atoms with E-state index in [0.717, 1.165) is 11.8 Å². The summed E-state index contributed by atoms with van der Waals surface area (Å²) in [7, 11) is 1.41. The number of carbonyl (C=O) groups excluding carboxylic acids is 1. The highest BCUT2D eigenvalue weighted by Crippen LogP contribution is 2.61. The van der Waals surface area contributed by atoms with E-state index in [1.807, 2.05) is 0 Å². The van der Waals surface area contributed by atoms with E-state index in [2.05, 4.69) is 0 Å². The molecule has 5 aliphatic rings. The summed E-state index contributed by atoms with van der Waals surface area (Å²) in [5.74, 6) is 2.02. The van der Waals surface area contributed by atoms with Gasteiger partial charge in [0.2, 0.25) is 0 Å². The monoisotopic (exact) mass is 252 g/mol. The minimum absolute atomic E-state index is 0.291. The third kappa shape index (κ3) is 1.36. The van der Waals surface area contributed by atoms with Crippen LogP contribution in [-0.2, 0) is 19.0 Å². The van der Waals surface area contributed by atoms with Crippen molar-refractivity contribution < 1.29 is 19.0 Å². The van der Waals surface area contributed by atoms with Crippen molar-refractivity contribution in [2.24, 2.45) is 23.7 Å². The van der Waals surface area contributed by atoms with Crippen molar-refractivity contribution in [2.45, 2.75) is 44.0 Å². The molecular formula is C14H20O4. The summed E-state index contributed by atoms with van der Waals surface area (Å²) in [6, 6.07) is 0. The average Bonchev–Trinajstić information content (AvgIpc) is 2.80. The first-order chi connectivity index (χ1) is 8.71. The first-order valence-electron chi connectivity index (χ1n) is 7.11. The van der Waals surface area contributed by atoms with Gasteiger partial charge in [0.15, 0.2) is 11.9 Å². The molecule has 0 amide bonds. The first-order valence-corrected chi connectivity index (χ1v) is 7.11. The molecule has 4 saturated carbocycles. The highest BCUT2D eigenvalue weighted by atomic mass is 16.8. The van der Waals surface area contributed by atoms with Crippen molar-refractivity contribution in [3.8, 4) is 0 Å². The molecule has 1 spiro atoms. The smallest absolute Gasteiger partial charge is 0.337 e. The van der Waals surface area contributed by atoms with Gasteiger partial charge in [-0.15, -0.1) is 0 Å². The summed E-state index contributed by atoms with van der Waals surface area (Å²) in [5, 5.41) is 0. The maximum absolute atomic E-state index is 11.6. The molecule has 1 aliphatic heterocycles. The van der Waals surface area contributed by atoms with E-state index in [1.165, 1.54) is 39.2 Å². The number of rotatable bonds is 1. The molecule has 1 heterocycles. The molecule has 0 aromatic carbocycles. The molecule has 4 aliphatic carbocycles. The van der Waals surface area contributed by atoms with Crippen LogP contribution in [0.5, 0.6) is 0 Å². The Morgan fingerprint density at radius 1 is 1.11 bits per heavy atom. The van der Waals surface area contributed by atoms with E-state index < -0.39 is 11.9 Å². The van der Waals surface area contributed by atoms with E-state index in [-0.39, 0.29) is 5.97 Å². The third-order valence-corrected chi connectivity index (χ3v) is 5.53. The molecule has 100 valence electrons. The second-order valence-corrected chi connectivity index (χ2v) is 6.47. The number of ether oxygens (including phenoxy) is 3. The largest absolute Gasteiger partial charge is 0.467 e. The fraction of sp³-hybridized carbons (Fsp3) is 0.929. The summed E-state index contributed by atoms with van der Waals surface area (Å²) in [4.78, 5) is 11.6. The summed E-state index contributed by atoms with van der Waals surface area (Å²) in [6.07, 6.45) is 5.79. The Morgan fingerprint density at radius 3 is 2.28 bits per heavy atom. The first kappa shape index (κ1) is 11.2. The minimum Gasteiger partial charge on any atom is -0.467 e. The highest BCUT2D eigenvalue weighted by Gasteiger charge is 2.62. The second kappa shape index (κ2) is 3.70. The Balaban J connectivity index is 1.59. The standard InChI is InChI=1S/C14H20O4/c1-16-13(15)12-7-17-14(18-12)10-3-8-2-9(5-10)6-11(14)4-8/h8-12H,2-7H2,1H3. The summed E-state index contributed by atoms with van der Waals surface area (Å²) >= 11 is 0. The Labute approximate surface area is 107 Å². The zero-order chi connectivity index (χ0) is 12.3. The van der Waals surface area contributed by atoms with Crippen molar-refractivity contribution in [1.82, 2.24) is 0 Å². The molecule has 1 unspecified atom stereocenters. The van der Waals surface area contributed by atoms with E-state index in [1.54, 1.807) is 0 Å². The molecule has 0 aromatic heterocycles. The van der Waals surface area contributed by atoms with Gasteiger partial charge in [-0.05, 0) is 43.9 Å². The lowest BCUT2D eigenvalue weighted by atomic mass is 9.53. The van der Waals surface area contributed by atoms with Crippen molar-refractivity contribution in [3.63, 3.8) is 0 Å². The van der Waals surface area contributed by atoms with Crippen molar-refractivity contribution in [1.29, 1.82) is 0 Å². The minimum atomic E-state index is -0.507. The van der Waals surface area contributed by atoms with Gasteiger partial charge in [-0.2, -0.15) is 0 Å². The van der Waals surface area contributed by atoms with Crippen LogP contribution in [0.3, 0.4) is 0 Å². The van der Waals surface area contributed by atoms with Crippen LogP contribution in [0.4, 0.5) is 0 Å². The molecule has 4 nitrogen and oxygen atoms in total. The number of carbonyl (C=O) groups is 1. The number of hydrogen-bond acceptors (Lipinski definition) is 4. The zero-order valence-corrected chi connectivity index (χ0v) is 10.8. The van der Waals surface area contributed by atoms with Crippen LogP contribution in [0, 0.1) is 23.7 Å². The topological polar surface area (TPSA) is 44.8 Å². The van der Waals surface area contributed by atoms with Crippen LogP contribution in [0.2, 0.25) is 0 Å².